The Balaban J connectivity index is 1.47. The number of rotatable bonds is 5. The Morgan fingerprint density at radius 3 is 2.26 bits per heavy atom. The van der Waals surface area contributed by atoms with Crippen molar-refractivity contribution >= 4 is 5.91 Å². The first-order valence-corrected chi connectivity index (χ1v) is 8.81. The van der Waals surface area contributed by atoms with E-state index in [2.05, 4.69) is 10.4 Å². The van der Waals surface area contributed by atoms with Gasteiger partial charge in [-0.1, -0.05) is 12.1 Å². The average Bonchev–Trinajstić information content (AvgIpc) is 3.36. The lowest BCUT2D eigenvalue weighted by molar-refractivity contribution is 0.0940. The molecule has 1 amide bonds. The molecule has 0 radical (unpaired) electrons. The summed E-state index contributed by atoms with van der Waals surface area (Å²) in [5, 5.41) is 7.33. The van der Waals surface area contributed by atoms with Gasteiger partial charge in [-0.3, -0.25) is 9.48 Å². The summed E-state index contributed by atoms with van der Waals surface area (Å²) in [6, 6.07) is 14.2. The van der Waals surface area contributed by atoms with E-state index in [-0.39, 0.29) is 23.0 Å². The zero-order valence-corrected chi connectivity index (χ0v) is 14.9. The number of halogens is 2. The number of benzene rings is 2. The molecule has 1 fully saturated rings. The molecule has 6 heteroatoms. The second-order valence-corrected chi connectivity index (χ2v) is 7.02. The fourth-order valence-corrected chi connectivity index (χ4v) is 3.30. The van der Waals surface area contributed by atoms with Crippen LogP contribution in [0.5, 0.6) is 0 Å². The van der Waals surface area contributed by atoms with Gasteiger partial charge in [0.15, 0.2) is 0 Å². The molecule has 3 aromatic rings. The van der Waals surface area contributed by atoms with Crippen molar-refractivity contribution in [2.24, 2.45) is 7.05 Å². The third-order valence-electron chi connectivity index (χ3n) is 5.15. The van der Waals surface area contributed by atoms with Crippen molar-refractivity contribution in [2.45, 2.75) is 18.3 Å². The van der Waals surface area contributed by atoms with Crippen LogP contribution in [-0.2, 0) is 12.5 Å². The molecule has 1 heterocycles. The van der Waals surface area contributed by atoms with E-state index in [1.807, 2.05) is 0 Å². The third-order valence-corrected chi connectivity index (χ3v) is 5.15. The van der Waals surface area contributed by atoms with E-state index in [4.69, 9.17) is 0 Å². The molecule has 1 aliphatic carbocycles. The van der Waals surface area contributed by atoms with Crippen LogP contribution >= 0.6 is 0 Å². The lowest BCUT2D eigenvalue weighted by Gasteiger charge is -2.16. The minimum Gasteiger partial charge on any atom is -0.350 e. The Kier molecular flexibility index (Phi) is 4.26. The smallest absolute Gasteiger partial charge is 0.269 e. The van der Waals surface area contributed by atoms with Crippen LogP contribution < -0.4 is 5.32 Å². The van der Waals surface area contributed by atoms with Gasteiger partial charge in [0, 0.05) is 24.6 Å². The number of aromatic nitrogens is 2. The van der Waals surface area contributed by atoms with Gasteiger partial charge in [-0.25, -0.2) is 8.78 Å². The highest BCUT2D eigenvalue weighted by atomic mass is 19.1. The summed E-state index contributed by atoms with van der Waals surface area (Å²) < 4.78 is 27.7. The van der Waals surface area contributed by atoms with E-state index < -0.39 is 0 Å². The normalized spacial score (nSPS) is 14.8. The number of hydrogen-bond acceptors (Lipinski definition) is 2. The van der Waals surface area contributed by atoms with Gasteiger partial charge in [0.1, 0.15) is 17.3 Å². The highest BCUT2D eigenvalue weighted by Crippen LogP contribution is 2.47. The fraction of sp³-hybridized carbons (Fsp3) is 0.238. The predicted octanol–water partition coefficient (Wildman–Crippen LogP) is 3.83. The molecule has 1 aliphatic rings. The van der Waals surface area contributed by atoms with Gasteiger partial charge in [-0.05, 0) is 60.9 Å². The van der Waals surface area contributed by atoms with Crippen LogP contribution in [0.1, 0.15) is 28.9 Å². The second kappa shape index (κ2) is 6.61. The van der Waals surface area contributed by atoms with E-state index in [9.17, 15) is 13.6 Å². The number of carbonyl (C=O) groups is 1. The molecule has 0 bridgehead atoms. The topological polar surface area (TPSA) is 46.9 Å². The average molecular weight is 367 g/mol. The molecule has 1 aromatic heterocycles. The zero-order chi connectivity index (χ0) is 19.0. The number of carbonyl (C=O) groups excluding carboxylic acids is 1. The Bertz CT molecular complexity index is 974. The first kappa shape index (κ1) is 17.4. The summed E-state index contributed by atoms with van der Waals surface area (Å²) in [5.74, 6) is -0.795. The standard InChI is InChI=1S/C21H19F2N3O/c1-26-19(12-18(25-26)14-2-6-16(22)7-3-14)20(27)24-13-21(10-11-21)15-4-8-17(23)9-5-15/h2-9,12H,10-11,13H2,1H3,(H,24,27). The Labute approximate surface area is 155 Å². The summed E-state index contributed by atoms with van der Waals surface area (Å²) >= 11 is 0. The van der Waals surface area contributed by atoms with Gasteiger partial charge in [0.05, 0.1) is 5.69 Å². The second-order valence-electron chi connectivity index (χ2n) is 7.02. The van der Waals surface area contributed by atoms with Crippen molar-refractivity contribution in [3.8, 4) is 11.3 Å². The van der Waals surface area contributed by atoms with Crippen molar-refractivity contribution in [2.75, 3.05) is 6.54 Å². The molecule has 0 saturated heterocycles. The molecular formula is C21H19F2N3O. The summed E-state index contributed by atoms with van der Waals surface area (Å²) in [4.78, 5) is 12.6. The zero-order valence-electron chi connectivity index (χ0n) is 14.9. The molecule has 138 valence electrons. The SMILES string of the molecule is Cn1nc(-c2ccc(F)cc2)cc1C(=O)NCC1(c2ccc(F)cc2)CC1. The monoisotopic (exact) mass is 367 g/mol. The first-order chi connectivity index (χ1) is 13.0. The lowest BCUT2D eigenvalue weighted by atomic mass is 9.96. The summed E-state index contributed by atoms with van der Waals surface area (Å²) in [6.45, 7) is 0.495. The number of nitrogens with zero attached hydrogens (tertiary/aromatic N) is 2. The molecule has 1 N–H and O–H groups in total. The highest BCUT2D eigenvalue weighted by molar-refractivity contribution is 5.93. The quantitative estimate of drug-likeness (QED) is 0.745. The van der Waals surface area contributed by atoms with E-state index in [1.54, 1.807) is 37.4 Å². The number of aryl methyl sites for hydroxylation is 1. The molecule has 2 aromatic carbocycles. The van der Waals surface area contributed by atoms with Crippen molar-refractivity contribution in [3.05, 3.63) is 77.5 Å². The van der Waals surface area contributed by atoms with E-state index in [0.717, 1.165) is 24.0 Å². The van der Waals surface area contributed by atoms with Gasteiger partial charge in [0.25, 0.3) is 5.91 Å². The Morgan fingerprint density at radius 1 is 1.07 bits per heavy atom. The van der Waals surface area contributed by atoms with E-state index in [1.165, 1.54) is 28.9 Å². The van der Waals surface area contributed by atoms with E-state index in [0.29, 0.717) is 17.9 Å². The van der Waals surface area contributed by atoms with Gasteiger partial charge in [-0.15, -0.1) is 0 Å². The largest absolute Gasteiger partial charge is 0.350 e. The molecule has 0 unspecified atom stereocenters. The summed E-state index contributed by atoms with van der Waals surface area (Å²) in [7, 11) is 1.70. The lowest BCUT2D eigenvalue weighted by Crippen LogP contribution is -2.33. The first-order valence-electron chi connectivity index (χ1n) is 8.81. The van der Waals surface area contributed by atoms with Crippen molar-refractivity contribution in [1.29, 1.82) is 0 Å². The summed E-state index contributed by atoms with van der Waals surface area (Å²) in [6.07, 6.45) is 1.93. The number of hydrogen-bond donors (Lipinski definition) is 1. The van der Waals surface area contributed by atoms with Crippen LogP contribution in [0.4, 0.5) is 8.78 Å². The van der Waals surface area contributed by atoms with Gasteiger partial charge in [0.2, 0.25) is 0 Å². The molecule has 0 aliphatic heterocycles. The molecule has 4 nitrogen and oxygen atoms in total. The van der Waals surface area contributed by atoms with Crippen LogP contribution in [0.3, 0.4) is 0 Å². The van der Waals surface area contributed by atoms with Crippen molar-refractivity contribution in [1.82, 2.24) is 15.1 Å². The maximum absolute atomic E-state index is 13.1. The van der Waals surface area contributed by atoms with Gasteiger partial charge >= 0.3 is 0 Å². The number of amides is 1. The van der Waals surface area contributed by atoms with Gasteiger partial charge < -0.3 is 5.32 Å². The molecule has 27 heavy (non-hydrogen) atoms. The summed E-state index contributed by atoms with van der Waals surface area (Å²) in [5.41, 5.74) is 2.73. The van der Waals surface area contributed by atoms with Crippen LogP contribution in [0.25, 0.3) is 11.3 Å². The van der Waals surface area contributed by atoms with Crippen molar-refractivity contribution in [3.63, 3.8) is 0 Å². The van der Waals surface area contributed by atoms with Crippen LogP contribution in [0.2, 0.25) is 0 Å². The van der Waals surface area contributed by atoms with Crippen LogP contribution in [0, 0.1) is 11.6 Å². The maximum atomic E-state index is 13.1. The minimum atomic E-state index is -0.317. The Hall–Kier alpha value is -3.02. The van der Waals surface area contributed by atoms with Gasteiger partial charge in [-0.2, -0.15) is 5.10 Å². The van der Waals surface area contributed by atoms with Crippen LogP contribution in [0.15, 0.2) is 54.6 Å². The fourth-order valence-electron chi connectivity index (χ4n) is 3.30. The molecule has 4 rings (SSSR count). The highest BCUT2D eigenvalue weighted by Gasteiger charge is 2.44. The number of nitrogens with one attached hydrogen (secondary N) is 1. The molecule has 0 spiro atoms. The van der Waals surface area contributed by atoms with Crippen LogP contribution in [-0.4, -0.2) is 22.2 Å². The molecule has 1 saturated carbocycles. The molecule has 0 atom stereocenters. The predicted molar refractivity (Wildman–Crippen MR) is 98.2 cm³/mol. The van der Waals surface area contributed by atoms with Crippen molar-refractivity contribution < 1.29 is 13.6 Å². The minimum absolute atomic E-state index is 0.109. The Morgan fingerprint density at radius 2 is 1.67 bits per heavy atom. The maximum Gasteiger partial charge on any atom is 0.269 e. The molecular weight excluding hydrogens is 348 g/mol. The third kappa shape index (κ3) is 3.47. The van der Waals surface area contributed by atoms with E-state index >= 15 is 0 Å².